The van der Waals surface area contributed by atoms with Crippen LogP contribution in [0.15, 0.2) is 12.3 Å². The highest BCUT2D eigenvalue weighted by Gasteiger charge is 2.43. The molecule has 3 rings (SSSR count). The van der Waals surface area contributed by atoms with E-state index in [1.807, 2.05) is 12.3 Å². The smallest absolute Gasteiger partial charge is 0.0668 e. The summed E-state index contributed by atoms with van der Waals surface area (Å²) >= 11 is 6.49. The van der Waals surface area contributed by atoms with Crippen LogP contribution in [0.1, 0.15) is 50.7 Å². The third-order valence-electron chi connectivity index (χ3n) is 3.92. The molecule has 0 atom stereocenters. The summed E-state index contributed by atoms with van der Waals surface area (Å²) in [6.45, 7) is 6.77. The number of halogens is 1. The summed E-state index contributed by atoms with van der Waals surface area (Å²) in [5, 5.41) is 9.29. The lowest BCUT2D eigenvalue weighted by molar-refractivity contribution is 0.747. The van der Waals surface area contributed by atoms with Gasteiger partial charge in [-0.15, -0.1) is 0 Å². The normalized spacial score (nSPS) is 17.9. The van der Waals surface area contributed by atoms with Crippen molar-refractivity contribution < 1.29 is 0 Å². The van der Waals surface area contributed by atoms with E-state index in [0.717, 1.165) is 10.5 Å². The van der Waals surface area contributed by atoms with E-state index >= 15 is 0 Å². The average molecular weight is 249 g/mol. The highest BCUT2D eigenvalue weighted by Crippen LogP contribution is 2.53. The predicted molar refractivity (Wildman–Crippen MR) is 71.8 cm³/mol. The Hall–Kier alpha value is -1.02. The first-order valence-electron chi connectivity index (χ1n) is 6.19. The van der Waals surface area contributed by atoms with Gasteiger partial charge in [-0.1, -0.05) is 32.4 Å². The van der Waals surface area contributed by atoms with Crippen LogP contribution in [0.25, 0.3) is 10.9 Å². The van der Waals surface area contributed by atoms with E-state index in [4.69, 9.17) is 11.6 Å². The van der Waals surface area contributed by atoms with Gasteiger partial charge in [0.25, 0.3) is 0 Å². The van der Waals surface area contributed by atoms with Gasteiger partial charge in [0.2, 0.25) is 0 Å². The maximum Gasteiger partial charge on any atom is 0.0668 e. The Morgan fingerprint density at radius 2 is 2.12 bits per heavy atom. The van der Waals surface area contributed by atoms with Gasteiger partial charge < -0.3 is 0 Å². The minimum Gasteiger partial charge on any atom is -0.278 e. The first-order valence-corrected chi connectivity index (χ1v) is 6.57. The second-order valence-corrected chi connectivity index (χ2v) is 6.10. The Bertz CT molecular complexity index is 579. The summed E-state index contributed by atoms with van der Waals surface area (Å²) < 4.78 is 0. The van der Waals surface area contributed by atoms with Crippen molar-refractivity contribution in [3.8, 4) is 0 Å². The summed E-state index contributed by atoms with van der Waals surface area (Å²) in [5.74, 6) is 0.473. The van der Waals surface area contributed by atoms with E-state index in [0.29, 0.717) is 11.3 Å². The van der Waals surface area contributed by atoms with Crippen molar-refractivity contribution in [3.05, 3.63) is 28.4 Å². The van der Waals surface area contributed by atoms with Gasteiger partial charge in [-0.05, 0) is 41.4 Å². The molecule has 0 spiro atoms. The van der Waals surface area contributed by atoms with E-state index in [1.165, 1.54) is 29.4 Å². The van der Waals surface area contributed by atoms with Crippen molar-refractivity contribution >= 4 is 22.5 Å². The third-order valence-corrected chi connectivity index (χ3v) is 4.22. The van der Waals surface area contributed by atoms with Crippen molar-refractivity contribution in [1.29, 1.82) is 0 Å². The van der Waals surface area contributed by atoms with Gasteiger partial charge in [0, 0.05) is 10.4 Å². The van der Waals surface area contributed by atoms with Gasteiger partial charge >= 0.3 is 0 Å². The molecule has 0 radical (unpaired) electrons. The Labute approximate surface area is 106 Å². The molecule has 1 aliphatic rings. The van der Waals surface area contributed by atoms with Crippen LogP contribution in [0.2, 0.25) is 5.02 Å². The van der Waals surface area contributed by atoms with E-state index in [2.05, 4.69) is 31.0 Å². The van der Waals surface area contributed by atoms with Crippen molar-refractivity contribution in [2.45, 2.75) is 44.9 Å². The fourth-order valence-corrected chi connectivity index (χ4v) is 3.17. The Morgan fingerprint density at radius 3 is 2.71 bits per heavy atom. The molecule has 0 bridgehead atoms. The second-order valence-electron chi connectivity index (χ2n) is 5.69. The molecule has 1 N–H and O–H groups in total. The lowest BCUT2D eigenvalue weighted by atomic mass is 9.85. The number of rotatable bonds is 2. The zero-order chi connectivity index (χ0) is 12.2. The molecule has 1 aromatic heterocycles. The largest absolute Gasteiger partial charge is 0.278 e. The standard InChI is InChI=1S/C14H17ClN2/c1-8(2)12-9-7-16-17-11(9)6-10(15)13(12)14(3)4-5-14/h6-8H,4-5H2,1-3H3,(H,16,17). The summed E-state index contributed by atoms with van der Waals surface area (Å²) in [6, 6.07) is 2.02. The number of nitrogens with zero attached hydrogens (tertiary/aromatic N) is 1. The molecule has 1 aliphatic carbocycles. The minimum atomic E-state index is 0.294. The van der Waals surface area contributed by atoms with E-state index in [-0.39, 0.29) is 0 Å². The topological polar surface area (TPSA) is 28.7 Å². The van der Waals surface area contributed by atoms with E-state index < -0.39 is 0 Å². The molecule has 2 nitrogen and oxygen atoms in total. The summed E-state index contributed by atoms with van der Waals surface area (Å²) in [7, 11) is 0. The van der Waals surface area contributed by atoms with Crippen LogP contribution in [0.4, 0.5) is 0 Å². The highest BCUT2D eigenvalue weighted by molar-refractivity contribution is 6.32. The molecule has 0 amide bonds. The van der Waals surface area contributed by atoms with Crippen LogP contribution >= 0.6 is 11.6 Å². The molecule has 0 saturated heterocycles. The van der Waals surface area contributed by atoms with Crippen LogP contribution in [-0.2, 0) is 5.41 Å². The highest BCUT2D eigenvalue weighted by atomic mass is 35.5. The van der Waals surface area contributed by atoms with Crippen molar-refractivity contribution in [2.75, 3.05) is 0 Å². The SMILES string of the molecule is CC(C)c1c(C2(C)CC2)c(Cl)cc2[nH]ncc12. The van der Waals surface area contributed by atoms with E-state index in [9.17, 15) is 0 Å². The fraction of sp³-hybridized carbons (Fsp3) is 0.500. The van der Waals surface area contributed by atoms with E-state index in [1.54, 1.807) is 0 Å². The number of benzene rings is 1. The van der Waals surface area contributed by atoms with Gasteiger partial charge in [-0.2, -0.15) is 5.10 Å². The molecule has 1 fully saturated rings. The first kappa shape index (κ1) is 11.1. The summed E-state index contributed by atoms with van der Waals surface area (Å²) in [6.07, 6.45) is 4.42. The maximum absolute atomic E-state index is 6.49. The number of H-pyrrole nitrogens is 1. The quantitative estimate of drug-likeness (QED) is 0.839. The van der Waals surface area contributed by atoms with Crippen molar-refractivity contribution in [2.24, 2.45) is 0 Å². The molecule has 17 heavy (non-hydrogen) atoms. The fourth-order valence-electron chi connectivity index (χ4n) is 2.73. The second kappa shape index (κ2) is 3.49. The monoisotopic (exact) mass is 248 g/mol. The maximum atomic E-state index is 6.49. The van der Waals surface area contributed by atoms with Gasteiger partial charge in [0.05, 0.1) is 11.7 Å². The van der Waals surface area contributed by atoms with Crippen LogP contribution in [-0.4, -0.2) is 10.2 Å². The molecule has 1 saturated carbocycles. The zero-order valence-corrected chi connectivity index (χ0v) is 11.2. The third kappa shape index (κ3) is 1.58. The molecule has 1 aromatic carbocycles. The Kier molecular flexibility index (Phi) is 2.27. The van der Waals surface area contributed by atoms with Crippen LogP contribution in [0, 0.1) is 0 Å². The first-order chi connectivity index (χ1) is 8.03. The van der Waals surface area contributed by atoms with Gasteiger partial charge in [-0.25, -0.2) is 0 Å². The number of hydrogen-bond acceptors (Lipinski definition) is 1. The molecule has 0 unspecified atom stereocenters. The van der Waals surface area contributed by atoms with Gasteiger partial charge in [0.15, 0.2) is 0 Å². The molecule has 2 aromatic rings. The average Bonchev–Trinajstić information content (AvgIpc) is 2.83. The molecule has 0 aliphatic heterocycles. The number of aromatic amines is 1. The predicted octanol–water partition coefficient (Wildman–Crippen LogP) is 4.39. The zero-order valence-electron chi connectivity index (χ0n) is 10.5. The molecular weight excluding hydrogens is 232 g/mol. The van der Waals surface area contributed by atoms with Gasteiger partial charge in [0.1, 0.15) is 0 Å². The van der Waals surface area contributed by atoms with Crippen molar-refractivity contribution in [3.63, 3.8) is 0 Å². The minimum absolute atomic E-state index is 0.294. The molecular formula is C14H17ClN2. The van der Waals surface area contributed by atoms with Crippen LogP contribution in [0.3, 0.4) is 0 Å². The number of aromatic nitrogens is 2. The summed E-state index contributed by atoms with van der Waals surface area (Å²) in [4.78, 5) is 0. The van der Waals surface area contributed by atoms with Crippen LogP contribution in [0.5, 0.6) is 0 Å². The summed E-state index contributed by atoms with van der Waals surface area (Å²) in [5.41, 5.74) is 4.07. The number of fused-ring (bicyclic) bond motifs is 1. The number of hydrogen-bond donors (Lipinski definition) is 1. The van der Waals surface area contributed by atoms with Crippen molar-refractivity contribution in [1.82, 2.24) is 10.2 Å². The molecule has 3 heteroatoms. The number of nitrogens with one attached hydrogen (secondary N) is 1. The van der Waals surface area contributed by atoms with Crippen LogP contribution < -0.4 is 0 Å². The Balaban J connectivity index is 2.38. The Morgan fingerprint density at radius 1 is 1.41 bits per heavy atom. The van der Waals surface area contributed by atoms with Gasteiger partial charge in [-0.3, -0.25) is 5.10 Å². The molecule has 90 valence electrons. The lowest BCUT2D eigenvalue weighted by Crippen LogP contribution is -2.08. The molecule has 1 heterocycles. The lowest BCUT2D eigenvalue weighted by Gasteiger charge is -2.20.